The van der Waals surface area contributed by atoms with Gasteiger partial charge in [-0.3, -0.25) is 0 Å². The molecular weight excluding hydrogens is 355 g/mol. The third-order valence-electron chi connectivity index (χ3n) is 5.41. The van der Waals surface area contributed by atoms with Crippen LogP contribution in [-0.2, 0) is 0 Å². The Morgan fingerprint density at radius 2 is 1.89 bits per heavy atom. The largest absolute Gasteiger partial charge is 0.488 e. The zero-order chi connectivity index (χ0) is 19.7. The van der Waals surface area contributed by atoms with Gasteiger partial charge < -0.3 is 15.8 Å². The molecule has 3 N–H and O–H groups in total. The van der Waals surface area contributed by atoms with E-state index in [9.17, 15) is 4.39 Å². The Hall–Kier alpha value is -2.89. The van der Waals surface area contributed by atoms with Gasteiger partial charge in [-0.25, -0.2) is 14.4 Å². The predicted molar refractivity (Wildman–Crippen MR) is 110 cm³/mol. The second kappa shape index (κ2) is 7.62. The topological polar surface area (TPSA) is 73.1 Å². The van der Waals surface area contributed by atoms with Crippen LogP contribution in [0.1, 0.15) is 38.2 Å². The highest BCUT2D eigenvalue weighted by Crippen LogP contribution is 2.35. The van der Waals surface area contributed by atoms with Gasteiger partial charge in [-0.15, -0.1) is 0 Å². The zero-order valence-corrected chi connectivity index (χ0v) is 16.2. The maximum atomic E-state index is 13.9. The summed E-state index contributed by atoms with van der Waals surface area (Å²) in [6.07, 6.45) is 5.87. The molecule has 0 atom stereocenters. The Kier molecular flexibility index (Phi) is 5.03. The summed E-state index contributed by atoms with van der Waals surface area (Å²) in [6, 6.07) is 8.26. The monoisotopic (exact) mass is 380 g/mol. The van der Waals surface area contributed by atoms with Crippen LogP contribution in [-0.4, -0.2) is 16.1 Å². The van der Waals surface area contributed by atoms with Gasteiger partial charge in [0.25, 0.3) is 0 Å². The molecule has 0 unspecified atom stereocenters. The van der Waals surface area contributed by atoms with Crippen molar-refractivity contribution in [3.05, 3.63) is 48.0 Å². The zero-order valence-electron chi connectivity index (χ0n) is 16.2. The van der Waals surface area contributed by atoms with Crippen LogP contribution in [0.3, 0.4) is 0 Å². The minimum Gasteiger partial charge on any atom is -0.488 e. The quantitative estimate of drug-likeness (QED) is 0.596. The summed E-state index contributed by atoms with van der Waals surface area (Å²) in [5.74, 6) is 1.57. The summed E-state index contributed by atoms with van der Waals surface area (Å²) >= 11 is 0. The van der Waals surface area contributed by atoms with E-state index in [1.165, 1.54) is 18.5 Å². The number of rotatable bonds is 4. The van der Waals surface area contributed by atoms with E-state index in [0.717, 1.165) is 48.1 Å². The van der Waals surface area contributed by atoms with Gasteiger partial charge in [0.05, 0.1) is 17.3 Å². The van der Waals surface area contributed by atoms with Crippen LogP contribution in [0.4, 0.5) is 21.6 Å². The molecule has 28 heavy (non-hydrogen) atoms. The van der Waals surface area contributed by atoms with Gasteiger partial charge in [-0.05, 0) is 68.4 Å². The predicted octanol–water partition coefficient (Wildman–Crippen LogP) is 5.36. The van der Waals surface area contributed by atoms with E-state index in [1.54, 1.807) is 6.07 Å². The molecule has 146 valence electrons. The van der Waals surface area contributed by atoms with E-state index in [0.29, 0.717) is 22.9 Å². The third kappa shape index (κ3) is 3.86. The van der Waals surface area contributed by atoms with Crippen molar-refractivity contribution in [1.29, 1.82) is 0 Å². The summed E-state index contributed by atoms with van der Waals surface area (Å²) < 4.78 is 20.1. The Bertz CT molecular complexity index is 999. The highest BCUT2D eigenvalue weighted by Gasteiger charge is 2.21. The molecule has 0 spiro atoms. The normalized spacial score (nSPS) is 19.5. The Labute approximate surface area is 164 Å². The van der Waals surface area contributed by atoms with Crippen molar-refractivity contribution in [3.63, 3.8) is 0 Å². The molecule has 1 saturated carbocycles. The first-order chi connectivity index (χ1) is 13.5. The number of hydrogen-bond donors (Lipinski definition) is 2. The summed E-state index contributed by atoms with van der Waals surface area (Å²) in [5, 5.41) is 4.21. The number of hydrogen-bond acceptors (Lipinski definition) is 5. The van der Waals surface area contributed by atoms with E-state index in [-0.39, 0.29) is 11.9 Å². The summed E-state index contributed by atoms with van der Waals surface area (Å²) in [7, 11) is 0. The minimum atomic E-state index is -0.318. The van der Waals surface area contributed by atoms with Gasteiger partial charge in [-0.1, -0.05) is 6.92 Å². The van der Waals surface area contributed by atoms with Gasteiger partial charge in [0, 0.05) is 17.1 Å². The molecule has 1 heterocycles. The number of nitrogens with zero attached hydrogens (tertiary/aromatic N) is 2. The van der Waals surface area contributed by atoms with Crippen LogP contribution in [0, 0.1) is 18.7 Å². The van der Waals surface area contributed by atoms with Crippen LogP contribution in [0.25, 0.3) is 10.9 Å². The molecule has 0 radical (unpaired) electrons. The van der Waals surface area contributed by atoms with E-state index in [1.807, 2.05) is 19.1 Å². The highest BCUT2D eigenvalue weighted by molar-refractivity contribution is 5.95. The average Bonchev–Trinajstić information content (AvgIpc) is 2.65. The van der Waals surface area contributed by atoms with Crippen molar-refractivity contribution < 1.29 is 9.13 Å². The molecule has 0 amide bonds. The standard InChI is InChI=1S/C22H25FN4O/c1-13-3-6-17(7-4-13)28-20-10-15(23)5-8-18(20)27-22-21-14(2)9-16(24)11-19(21)25-12-26-22/h5,8-13,17H,3-4,6-7,24H2,1-2H3,(H,25,26,27). The molecule has 3 aromatic rings. The van der Waals surface area contributed by atoms with Gasteiger partial charge in [0.2, 0.25) is 0 Å². The number of halogens is 1. The minimum absolute atomic E-state index is 0.113. The second-order valence-electron chi connectivity index (χ2n) is 7.72. The van der Waals surface area contributed by atoms with Crippen molar-refractivity contribution >= 4 is 28.1 Å². The fourth-order valence-electron chi connectivity index (χ4n) is 3.87. The Morgan fingerprint density at radius 3 is 2.68 bits per heavy atom. The fraction of sp³-hybridized carbons (Fsp3) is 0.364. The van der Waals surface area contributed by atoms with Gasteiger partial charge in [0.15, 0.2) is 0 Å². The van der Waals surface area contributed by atoms with Crippen molar-refractivity contribution in [2.45, 2.75) is 45.6 Å². The second-order valence-corrected chi connectivity index (χ2v) is 7.72. The van der Waals surface area contributed by atoms with Crippen molar-refractivity contribution in [2.75, 3.05) is 11.1 Å². The highest BCUT2D eigenvalue weighted by atomic mass is 19.1. The maximum absolute atomic E-state index is 13.9. The molecule has 1 aromatic heterocycles. The third-order valence-corrected chi connectivity index (χ3v) is 5.41. The number of benzene rings is 2. The molecule has 0 aliphatic heterocycles. The molecule has 1 aliphatic rings. The van der Waals surface area contributed by atoms with Crippen LogP contribution in [0.2, 0.25) is 0 Å². The smallest absolute Gasteiger partial charge is 0.146 e. The molecular formula is C22H25FN4O. The van der Waals surface area contributed by atoms with Gasteiger partial charge in [0.1, 0.15) is 23.7 Å². The number of ether oxygens (including phenoxy) is 1. The van der Waals surface area contributed by atoms with Crippen LogP contribution in [0.5, 0.6) is 5.75 Å². The molecule has 5 nitrogen and oxygen atoms in total. The summed E-state index contributed by atoms with van der Waals surface area (Å²) in [4.78, 5) is 8.72. The molecule has 4 rings (SSSR count). The van der Waals surface area contributed by atoms with Crippen molar-refractivity contribution in [2.24, 2.45) is 5.92 Å². The SMILES string of the molecule is Cc1cc(N)cc2ncnc(Nc3ccc(F)cc3OC3CCC(C)CC3)c12. The average molecular weight is 380 g/mol. The lowest BCUT2D eigenvalue weighted by Crippen LogP contribution is -2.23. The number of nitrogens with two attached hydrogens (primary N) is 1. The molecule has 1 aliphatic carbocycles. The number of nitrogen functional groups attached to an aromatic ring is 1. The number of aromatic nitrogens is 2. The number of fused-ring (bicyclic) bond motifs is 1. The lowest BCUT2D eigenvalue weighted by Gasteiger charge is -2.27. The van der Waals surface area contributed by atoms with Crippen LogP contribution in [0.15, 0.2) is 36.7 Å². The molecule has 0 bridgehead atoms. The first kappa shape index (κ1) is 18.5. The summed E-state index contributed by atoms with van der Waals surface area (Å²) in [6.45, 7) is 4.24. The maximum Gasteiger partial charge on any atom is 0.146 e. The lowest BCUT2D eigenvalue weighted by molar-refractivity contribution is 0.136. The van der Waals surface area contributed by atoms with Crippen LogP contribution < -0.4 is 15.8 Å². The van der Waals surface area contributed by atoms with Crippen molar-refractivity contribution in [1.82, 2.24) is 9.97 Å². The molecule has 6 heteroatoms. The molecule has 2 aromatic carbocycles. The lowest BCUT2D eigenvalue weighted by atomic mass is 9.89. The summed E-state index contributed by atoms with van der Waals surface area (Å²) in [5.41, 5.74) is 9.03. The first-order valence-corrected chi connectivity index (χ1v) is 9.73. The van der Waals surface area contributed by atoms with Gasteiger partial charge in [-0.2, -0.15) is 0 Å². The van der Waals surface area contributed by atoms with E-state index in [2.05, 4.69) is 22.2 Å². The Balaban J connectivity index is 1.66. The van der Waals surface area contributed by atoms with E-state index >= 15 is 0 Å². The molecule has 1 fully saturated rings. The van der Waals surface area contributed by atoms with E-state index in [4.69, 9.17) is 10.5 Å². The Morgan fingerprint density at radius 1 is 1.11 bits per heavy atom. The molecule has 0 saturated heterocycles. The fourth-order valence-corrected chi connectivity index (χ4v) is 3.87. The number of nitrogens with one attached hydrogen (secondary N) is 1. The first-order valence-electron chi connectivity index (χ1n) is 9.73. The van der Waals surface area contributed by atoms with Crippen LogP contribution >= 0.6 is 0 Å². The number of anilines is 3. The van der Waals surface area contributed by atoms with E-state index < -0.39 is 0 Å². The van der Waals surface area contributed by atoms with Gasteiger partial charge >= 0.3 is 0 Å². The van der Waals surface area contributed by atoms with Crippen molar-refractivity contribution in [3.8, 4) is 5.75 Å². The number of aryl methyl sites for hydroxylation is 1.